The van der Waals surface area contributed by atoms with Crippen LogP contribution in [0.1, 0.15) is 53.4 Å². The number of fused-ring (bicyclic) bond motifs is 1. The van der Waals surface area contributed by atoms with Gasteiger partial charge < -0.3 is 4.74 Å². The molecular weight excluding hydrogens is 276 g/mol. The van der Waals surface area contributed by atoms with Gasteiger partial charge in [-0.2, -0.15) is 0 Å². The van der Waals surface area contributed by atoms with Gasteiger partial charge in [0.1, 0.15) is 0 Å². The van der Waals surface area contributed by atoms with Crippen LogP contribution in [0.15, 0.2) is 11.6 Å². The van der Waals surface area contributed by atoms with Crippen LogP contribution >= 0.6 is 15.9 Å². The molecule has 2 fully saturated rings. The number of ether oxygens (including phenoxy) is 1. The molecule has 0 bridgehead atoms. The summed E-state index contributed by atoms with van der Waals surface area (Å²) in [5.41, 5.74) is 2.52. The second kappa shape index (κ2) is 3.39. The maximum absolute atomic E-state index is 5.93. The average molecular weight is 299 g/mol. The Balaban J connectivity index is 1.99. The van der Waals surface area contributed by atoms with Crippen molar-refractivity contribution in [1.29, 1.82) is 0 Å². The van der Waals surface area contributed by atoms with Gasteiger partial charge in [-0.05, 0) is 50.4 Å². The zero-order valence-corrected chi connectivity index (χ0v) is 12.9. The van der Waals surface area contributed by atoms with E-state index in [1.807, 2.05) is 0 Å². The van der Waals surface area contributed by atoms with Gasteiger partial charge >= 0.3 is 0 Å². The van der Waals surface area contributed by atoms with E-state index in [1.54, 1.807) is 5.57 Å². The van der Waals surface area contributed by atoms with E-state index in [9.17, 15) is 0 Å². The first-order chi connectivity index (χ1) is 7.82. The topological polar surface area (TPSA) is 12.5 Å². The van der Waals surface area contributed by atoms with E-state index < -0.39 is 0 Å². The van der Waals surface area contributed by atoms with Crippen LogP contribution in [0, 0.1) is 10.8 Å². The maximum atomic E-state index is 5.93. The first-order valence-electron chi connectivity index (χ1n) is 6.81. The minimum absolute atomic E-state index is 0.223. The Kier molecular flexibility index (Phi) is 2.44. The molecule has 0 aromatic heterocycles. The van der Waals surface area contributed by atoms with Gasteiger partial charge in [-0.15, -0.1) is 0 Å². The second-order valence-corrected chi connectivity index (χ2v) is 8.12. The molecule has 3 rings (SSSR count). The Morgan fingerprint density at radius 1 is 1.29 bits per heavy atom. The molecule has 1 aliphatic heterocycles. The molecule has 0 aromatic carbocycles. The fraction of sp³-hybridized carbons (Fsp3) is 0.867. The summed E-state index contributed by atoms with van der Waals surface area (Å²) < 4.78 is 5.93. The van der Waals surface area contributed by atoms with Crippen molar-refractivity contribution >= 4 is 15.9 Å². The lowest BCUT2D eigenvalue weighted by Crippen LogP contribution is -2.50. The van der Waals surface area contributed by atoms with Crippen molar-refractivity contribution in [3.63, 3.8) is 0 Å². The zero-order chi connectivity index (χ0) is 12.5. The van der Waals surface area contributed by atoms with Crippen LogP contribution in [0.5, 0.6) is 0 Å². The highest BCUT2D eigenvalue weighted by atomic mass is 79.9. The predicted molar refractivity (Wildman–Crippen MR) is 74.4 cm³/mol. The largest absolute Gasteiger partial charge is 0.366 e. The van der Waals surface area contributed by atoms with Crippen molar-refractivity contribution in [2.75, 3.05) is 0 Å². The molecule has 0 radical (unpaired) electrons. The van der Waals surface area contributed by atoms with Crippen molar-refractivity contribution in [1.82, 2.24) is 0 Å². The number of hydrogen-bond acceptors (Lipinski definition) is 1. The lowest BCUT2D eigenvalue weighted by atomic mass is 9.51. The van der Waals surface area contributed by atoms with Gasteiger partial charge in [0.15, 0.2) is 0 Å². The van der Waals surface area contributed by atoms with E-state index in [-0.39, 0.29) is 5.60 Å². The first-order valence-corrected chi connectivity index (χ1v) is 7.73. The molecule has 2 heteroatoms. The van der Waals surface area contributed by atoms with Gasteiger partial charge in [-0.25, -0.2) is 0 Å². The van der Waals surface area contributed by atoms with Crippen LogP contribution in [0.25, 0.3) is 0 Å². The Hall–Kier alpha value is 0.180. The van der Waals surface area contributed by atoms with E-state index >= 15 is 0 Å². The van der Waals surface area contributed by atoms with Crippen molar-refractivity contribution in [2.24, 2.45) is 10.8 Å². The van der Waals surface area contributed by atoms with E-state index in [4.69, 9.17) is 4.74 Å². The Morgan fingerprint density at radius 2 is 2.00 bits per heavy atom. The molecule has 1 spiro atoms. The Labute approximate surface area is 113 Å². The van der Waals surface area contributed by atoms with E-state index in [0.717, 1.165) is 0 Å². The summed E-state index contributed by atoms with van der Waals surface area (Å²) in [7, 11) is 0. The molecule has 2 aliphatic carbocycles. The number of allylic oxidation sites excluding steroid dienone is 2. The summed E-state index contributed by atoms with van der Waals surface area (Å²) >= 11 is 3.91. The third-order valence-electron chi connectivity index (χ3n) is 6.02. The van der Waals surface area contributed by atoms with Gasteiger partial charge in [0.25, 0.3) is 0 Å². The van der Waals surface area contributed by atoms with Crippen LogP contribution in [-0.2, 0) is 4.74 Å². The fourth-order valence-electron chi connectivity index (χ4n) is 4.17. The molecule has 96 valence electrons. The molecule has 3 aliphatic rings. The van der Waals surface area contributed by atoms with Gasteiger partial charge in [-0.1, -0.05) is 41.4 Å². The van der Waals surface area contributed by atoms with Crippen molar-refractivity contribution in [2.45, 2.75) is 69.9 Å². The van der Waals surface area contributed by atoms with E-state index in [0.29, 0.717) is 21.8 Å². The van der Waals surface area contributed by atoms with Crippen LogP contribution in [0.3, 0.4) is 0 Å². The second-order valence-electron chi connectivity index (χ2n) is 7.02. The molecule has 1 nitrogen and oxygen atoms in total. The monoisotopic (exact) mass is 298 g/mol. The maximum Gasteiger partial charge on any atom is 0.0921 e. The number of alkyl halides is 1. The Bertz CT molecular complexity index is 386. The predicted octanol–water partition coefficient (Wildman–Crippen LogP) is 4.45. The molecule has 0 unspecified atom stereocenters. The molecule has 0 aromatic rings. The highest BCUT2D eigenvalue weighted by Gasteiger charge is 2.64. The standard InChI is InChI=1S/C15H23BrO/c1-10-5-6-11(16)13(2,3)15(10)8-7-14(4)12(9-15)17-14/h5,11-12H,6-9H2,1-4H3/t11-,12+,14+,15-/m0/s1. The molecule has 1 heterocycles. The highest BCUT2D eigenvalue weighted by molar-refractivity contribution is 9.09. The SMILES string of the molecule is CC1=CC[C@H](Br)C(C)(C)[C@]12CC[C@@]1(C)O[C@@H]1C2. The third-order valence-corrected chi connectivity index (χ3v) is 7.54. The summed E-state index contributed by atoms with van der Waals surface area (Å²) in [6.07, 6.45) is 7.88. The molecule has 4 atom stereocenters. The van der Waals surface area contributed by atoms with Gasteiger partial charge in [0, 0.05) is 4.83 Å². The molecule has 0 amide bonds. The number of halogens is 1. The molecule has 1 saturated carbocycles. The van der Waals surface area contributed by atoms with Crippen LogP contribution in [0.4, 0.5) is 0 Å². The smallest absolute Gasteiger partial charge is 0.0921 e. The van der Waals surface area contributed by atoms with Crippen molar-refractivity contribution < 1.29 is 4.74 Å². The van der Waals surface area contributed by atoms with Crippen molar-refractivity contribution in [3.8, 4) is 0 Å². The number of epoxide rings is 1. The van der Waals surface area contributed by atoms with Crippen LogP contribution in [-0.4, -0.2) is 16.5 Å². The lowest BCUT2D eigenvalue weighted by molar-refractivity contribution is 0.0558. The quantitative estimate of drug-likeness (QED) is 0.366. The van der Waals surface area contributed by atoms with E-state index in [2.05, 4.69) is 49.7 Å². The summed E-state index contributed by atoms with van der Waals surface area (Å²) in [4.78, 5) is 0.599. The van der Waals surface area contributed by atoms with Gasteiger partial charge in [0.05, 0.1) is 11.7 Å². The number of rotatable bonds is 0. The first kappa shape index (κ1) is 12.2. The molecule has 0 N–H and O–H groups in total. The normalized spacial score (nSPS) is 51.9. The number of hydrogen-bond donors (Lipinski definition) is 0. The third kappa shape index (κ3) is 1.46. The average Bonchev–Trinajstić information content (AvgIpc) is 2.93. The zero-order valence-electron chi connectivity index (χ0n) is 11.3. The fourth-order valence-corrected chi connectivity index (χ4v) is 4.80. The van der Waals surface area contributed by atoms with Crippen LogP contribution < -0.4 is 0 Å². The van der Waals surface area contributed by atoms with Crippen LogP contribution in [0.2, 0.25) is 0 Å². The van der Waals surface area contributed by atoms with Crippen molar-refractivity contribution in [3.05, 3.63) is 11.6 Å². The minimum Gasteiger partial charge on any atom is -0.366 e. The Morgan fingerprint density at radius 3 is 2.65 bits per heavy atom. The molecule has 1 saturated heterocycles. The van der Waals surface area contributed by atoms with Gasteiger partial charge in [-0.3, -0.25) is 0 Å². The summed E-state index contributed by atoms with van der Waals surface area (Å²) in [6, 6.07) is 0. The van der Waals surface area contributed by atoms with Gasteiger partial charge in [0.2, 0.25) is 0 Å². The summed E-state index contributed by atoms with van der Waals surface area (Å²) in [5.74, 6) is 0. The lowest BCUT2D eigenvalue weighted by Gasteiger charge is -2.55. The molecular formula is C15H23BrO. The minimum atomic E-state index is 0.223. The van der Waals surface area contributed by atoms with E-state index in [1.165, 1.54) is 25.7 Å². The summed E-state index contributed by atoms with van der Waals surface area (Å²) in [5, 5.41) is 0. The summed E-state index contributed by atoms with van der Waals surface area (Å²) in [6.45, 7) is 9.50. The molecule has 17 heavy (non-hydrogen) atoms. The highest BCUT2D eigenvalue weighted by Crippen LogP contribution is 2.65.